The number of nitrogens with zero attached hydrogens (tertiary/aromatic N) is 5. The Morgan fingerprint density at radius 3 is 2.35 bits per heavy atom. The number of anilines is 1. The molecule has 1 aliphatic rings. The van der Waals surface area contributed by atoms with Crippen molar-refractivity contribution >= 4 is 22.8 Å². The van der Waals surface area contributed by atoms with E-state index in [0.29, 0.717) is 0 Å². The average Bonchev–Trinajstić information content (AvgIpc) is 2.53. The molecule has 12 nitrogen and oxygen atoms in total. The summed E-state index contributed by atoms with van der Waals surface area (Å²) in [6, 6.07) is 3.95. The first kappa shape index (κ1) is 15.5. The molecule has 23 heavy (non-hydrogen) atoms. The monoisotopic (exact) mass is 318 g/mol. The molecule has 0 radical (unpaired) electrons. The summed E-state index contributed by atoms with van der Waals surface area (Å²) in [5.74, 6) is -0.440. The first-order valence-corrected chi connectivity index (χ1v) is 5.88. The highest BCUT2D eigenvalue weighted by molar-refractivity contribution is 6.10. The zero-order chi connectivity index (χ0) is 17.0. The van der Waals surface area contributed by atoms with E-state index in [-0.39, 0.29) is 24.7 Å². The van der Waals surface area contributed by atoms with Crippen LogP contribution in [0.1, 0.15) is 0 Å². The van der Waals surface area contributed by atoms with Crippen LogP contribution in [-0.2, 0) is 0 Å². The first-order chi connectivity index (χ1) is 11.0. The Labute approximate surface area is 127 Å². The first-order valence-electron chi connectivity index (χ1n) is 5.88. The van der Waals surface area contributed by atoms with E-state index in [9.17, 15) is 20.2 Å². The van der Waals surface area contributed by atoms with Gasteiger partial charge in [0.15, 0.2) is 5.75 Å². The van der Waals surface area contributed by atoms with Crippen LogP contribution >= 0.6 is 0 Å². The van der Waals surface area contributed by atoms with E-state index in [1.807, 2.05) is 0 Å². The largest absolute Gasteiger partial charge is 0.486 e. The summed E-state index contributed by atoms with van der Waals surface area (Å²) in [4.78, 5) is 20.4. The summed E-state index contributed by atoms with van der Waals surface area (Å²) >= 11 is 0. The number of hydrazone groups is 1. The summed E-state index contributed by atoms with van der Waals surface area (Å²) in [7, 11) is 0. The molecular formula is C11H6N6O6. The second kappa shape index (κ2) is 6.23. The van der Waals surface area contributed by atoms with E-state index >= 15 is 0 Å². The Morgan fingerprint density at radius 1 is 1.17 bits per heavy atom. The highest BCUT2D eigenvalue weighted by atomic mass is 16.6. The molecule has 0 saturated heterocycles. The van der Waals surface area contributed by atoms with Crippen molar-refractivity contribution in [2.75, 3.05) is 18.6 Å². The molecule has 0 amide bonds. The van der Waals surface area contributed by atoms with Crippen LogP contribution in [0.25, 0.3) is 0 Å². The third-order valence-electron chi connectivity index (χ3n) is 2.65. The van der Waals surface area contributed by atoms with Gasteiger partial charge in [-0.3, -0.25) is 25.7 Å². The van der Waals surface area contributed by atoms with Crippen LogP contribution in [0.3, 0.4) is 0 Å². The van der Waals surface area contributed by atoms with E-state index in [4.69, 9.17) is 20.0 Å². The molecule has 0 aromatic heterocycles. The summed E-state index contributed by atoms with van der Waals surface area (Å²) in [6.45, 7) is 0.106. The van der Waals surface area contributed by atoms with Crippen LogP contribution in [0.15, 0.2) is 11.2 Å². The van der Waals surface area contributed by atoms with E-state index in [1.54, 1.807) is 0 Å². The smallest absolute Gasteiger partial charge is 0.393 e. The quantitative estimate of drug-likeness (QED) is 0.483. The number of nitro benzene ring substituents is 2. The third-order valence-corrected chi connectivity index (χ3v) is 2.65. The lowest BCUT2D eigenvalue weighted by Crippen LogP contribution is -2.17. The van der Waals surface area contributed by atoms with Crippen molar-refractivity contribution in [1.29, 1.82) is 10.5 Å². The van der Waals surface area contributed by atoms with Crippen molar-refractivity contribution in [3.05, 3.63) is 26.3 Å². The lowest BCUT2D eigenvalue weighted by Gasteiger charge is -2.18. The number of ether oxygens (including phenoxy) is 2. The predicted molar refractivity (Wildman–Crippen MR) is 73.0 cm³/mol. The second-order valence-electron chi connectivity index (χ2n) is 3.96. The van der Waals surface area contributed by atoms with Gasteiger partial charge in [0, 0.05) is 6.07 Å². The van der Waals surface area contributed by atoms with Gasteiger partial charge in [0.05, 0.1) is 9.85 Å². The molecule has 0 unspecified atom stereocenters. The summed E-state index contributed by atoms with van der Waals surface area (Å²) in [5, 5.41) is 42.9. The fraction of sp³-hybridized carbons (Fsp3) is 0.182. The maximum Gasteiger partial charge on any atom is 0.393 e. The van der Waals surface area contributed by atoms with Gasteiger partial charge in [0.1, 0.15) is 31.0 Å². The Balaban J connectivity index is 2.67. The van der Waals surface area contributed by atoms with Crippen molar-refractivity contribution in [2.45, 2.75) is 0 Å². The van der Waals surface area contributed by atoms with Crippen LogP contribution in [0, 0.1) is 42.9 Å². The average molecular weight is 318 g/mol. The standard InChI is InChI=1S/C11H6N6O6/c12-4-6(5-13)14-15-7-3-8-11(23-2-1-22-8)10(17(20)21)9(7)16(18)19/h3,15H,1-2H2. The Kier molecular flexibility index (Phi) is 4.19. The summed E-state index contributed by atoms with van der Waals surface area (Å²) < 4.78 is 10.3. The zero-order valence-corrected chi connectivity index (χ0v) is 11.2. The lowest BCUT2D eigenvalue weighted by atomic mass is 10.2. The molecule has 2 rings (SSSR count). The van der Waals surface area contributed by atoms with E-state index in [2.05, 4.69) is 10.5 Å². The minimum Gasteiger partial charge on any atom is -0.486 e. The minimum absolute atomic E-state index is 0.00291. The lowest BCUT2D eigenvalue weighted by molar-refractivity contribution is -0.422. The molecule has 0 aliphatic carbocycles. The number of nitrogens with one attached hydrogen (secondary N) is 1. The van der Waals surface area contributed by atoms with Crippen molar-refractivity contribution in [1.82, 2.24) is 0 Å². The molecule has 1 aromatic carbocycles. The van der Waals surface area contributed by atoms with E-state index in [0.717, 1.165) is 6.07 Å². The number of nitro groups is 2. The number of hydrogen-bond donors (Lipinski definition) is 1. The van der Waals surface area contributed by atoms with Gasteiger partial charge in [0.25, 0.3) is 0 Å². The molecule has 0 atom stereocenters. The van der Waals surface area contributed by atoms with Gasteiger partial charge in [0.2, 0.25) is 11.5 Å². The van der Waals surface area contributed by atoms with E-state index < -0.39 is 32.6 Å². The molecule has 1 N–H and O–H groups in total. The molecule has 0 spiro atoms. The third kappa shape index (κ3) is 2.91. The summed E-state index contributed by atoms with van der Waals surface area (Å²) in [5.41, 5.74) is -0.740. The summed E-state index contributed by atoms with van der Waals surface area (Å²) in [6.07, 6.45) is 0. The maximum absolute atomic E-state index is 11.2. The van der Waals surface area contributed by atoms with Crippen LogP contribution in [0.2, 0.25) is 0 Å². The topological polar surface area (TPSA) is 177 Å². The molecule has 0 saturated carbocycles. The van der Waals surface area contributed by atoms with Gasteiger partial charge < -0.3 is 9.47 Å². The predicted octanol–water partition coefficient (Wildman–Crippen LogP) is 1.09. The number of fused-ring (bicyclic) bond motifs is 1. The second-order valence-corrected chi connectivity index (χ2v) is 3.96. The van der Waals surface area contributed by atoms with Crippen molar-refractivity contribution in [3.8, 4) is 23.6 Å². The fourth-order valence-electron chi connectivity index (χ4n) is 1.79. The number of hydrogen-bond acceptors (Lipinski definition) is 10. The molecule has 1 aliphatic heterocycles. The normalized spacial score (nSPS) is 11.6. The van der Waals surface area contributed by atoms with Crippen molar-refractivity contribution in [2.24, 2.45) is 5.10 Å². The van der Waals surface area contributed by atoms with Crippen molar-refractivity contribution in [3.63, 3.8) is 0 Å². The molecule has 12 heteroatoms. The van der Waals surface area contributed by atoms with Crippen LogP contribution < -0.4 is 14.9 Å². The van der Waals surface area contributed by atoms with Gasteiger partial charge >= 0.3 is 11.4 Å². The Bertz CT molecular complexity index is 789. The molecule has 1 aromatic rings. The van der Waals surface area contributed by atoms with Gasteiger partial charge in [-0.2, -0.15) is 15.6 Å². The minimum atomic E-state index is -0.993. The Hall–Kier alpha value is -3.93. The Morgan fingerprint density at radius 2 is 1.78 bits per heavy atom. The van der Waals surface area contributed by atoms with Gasteiger partial charge in [-0.1, -0.05) is 0 Å². The van der Waals surface area contributed by atoms with Gasteiger partial charge in [-0.15, -0.1) is 0 Å². The van der Waals surface area contributed by atoms with Crippen molar-refractivity contribution < 1.29 is 19.3 Å². The van der Waals surface area contributed by atoms with Crippen LogP contribution in [0.4, 0.5) is 17.1 Å². The van der Waals surface area contributed by atoms with Gasteiger partial charge in [-0.05, 0) is 0 Å². The molecule has 116 valence electrons. The fourth-order valence-corrected chi connectivity index (χ4v) is 1.79. The van der Waals surface area contributed by atoms with Crippen LogP contribution in [-0.4, -0.2) is 28.8 Å². The number of benzene rings is 1. The van der Waals surface area contributed by atoms with E-state index in [1.165, 1.54) is 12.1 Å². The molecule has 0 fully saturated rings. The number of rotatable bonds is 4. The van der Waals surface area contributed by atoms with Gasteiger partial charge in [-0.25, -0.2) is 0 Å². The molecule has 0 bridgehead atoms. The maximum atomic E-state index is 11.2. The SMILES string of the molecule is N#CC(C#N)=NNc1cc2c(c([N+](=O)[O-])c1[N+](=O)[O-])OCCO2. The number of nitriles is 2. The highest BCUT2D eigenvalue weighted by Crippen LogP contribution is 2.49. The van der Waals surface area contributed by atoms with Crippen LogP contribution in [0.5, 0.6) is 11.5 Å². The highest BCUT2D eigenvalue weighted by Gasteiger charge is 2.38. The molecular weight excluding hydrogens is 312 g/mol. The zero-order valence-electron chi connectivity index (χ0n) is 11.2. The molecule has 1 heterocycles.